The number of ketones is 1. The van der Waals surface area contributed by atoms with Crippen molar-refractivity contribution in [2.24, 2.45) is 5.92 Å². The van der Waals surface area contributed by atoms with Gasteiger partial charge in [0.1, 0.15) is 17.4 Å². The molecule has 2 aliphatic rings. The maximum Gasteiger partial charge on any atom is 0.320 e. The zero-order valence-electron chi connectivity index (χ0n) is 20.6. The maximum atomic E-state index is 12.4. The smallest absolute Gasteiger partial charge is 0.320 e. The molecule has 1 fully saturated rings. The molecule has 1 aliphatic heterocycles. The van der Waals surface area contributed by atoms with Crippen LogP contribution in [0.2, 0.25) is 0 Å². The Hall–Kier alpha value is -2.72. The monoisotopic (exact) mass is 501 g/mol. The zero-order chi connectivity index (χ0) is 25.0. The van der Waals surface area contributed by atoms with E-state index < -0.39 is 10.0 Å². The number of hydrogen-bond donors (Lipinski definition) is 1. The van der Waals surface area contributed by atoms with Crippen LogP contribution in [0.5, 0.6) is 6.01 Å². The second-order valence-corrected chi connectivity index (χ2v) is 11.6. The normalized spacial score (nSPS) is 16.3. The summed E-state index contributed by atoms with van der Waals surface area (Å²) in [7, 11) is -3.29. The molecule has 1 saturated carbocycles. The minimum absolute atomic E-state index is 0.0984. The SMILES string of the molecule is CCCCOc1nc(N)c2c(n1)N(Cc1cccc(CN(CC3CC3)S(C)(=O)=O)c1)CCC(=O)C2. The fourth-order valence-electron chi connectivity index (χ4n) is 4.23. The third-order valence-corrected chi connectivity index (χ3v) is 7.63. The number of rotatable bonds is 11. The van der Waals surface area contributed by atoms with Crippen LogP contribution in [0.1, 0.15) is 55.7 Å². The van der Waals surface area contributed by atoms with Crippen LogP contribution in [0, 0.1) is 5.92 Å². The predicted molar refractivity (Wildman–Crippen MR) is 136 cm³/mol. The second kappa shape index (κ2) is 10.9. The topological polar surface area (TPSA) is 119 Å². The molecule has 9 nitrogen and oxygen atoms in total. The highest BCUT2D eigenvalue weighted by Crippen LogP contribution is 2.32. The van der Waals surface area contributed by atoms with E-state index in [9.17, 15) is 13.2 Å². The minimum Gasteiger partial charge on any atom is -0.463 e. The van der Waals surface area contributed by atoms with Crippen molar-refractivity contribution < 1.29 is 17.9 Å². The highest BCUT2D eigenvalue weighted by atomic mass is 32.2. The van der Waals surface area contributed by atoms with Crippen LogP contribution < -0.4 is 15.4 Å². The van der Waals surface area contributed by atoms with E-state index in [2.05, 4.69) is 16.9 Å². The second-order valence-electron chi connectivity index (χ2n) is 9.60. The molecule has 1 aromatic heterocycles. The van der Waals surface area contributed by atoms with Gasteiger partial charge in [-0.2, -0.15) is 14.3 Å². The van der Waals surface area contributed by atoms with Crippen LogP contribution in [-0.2, 0) is 34.3 Å². The van der Waals surface area contributed by atoms with E-state index in [4.69, 9.17) is 10.5 Å². The summed E-state index contributed by atoms with van der Waals surface area (Å²) in [6.07, 6.45) is 5.94. The molecular formula is C25H35N5O4S. The average Bonchev–Trinajstić information content (AvgIpc) is 3.63. The molecule has 1 aromatic carbocycles. The van der Waals surface area contributed by atoms with Gasteiger partial charge in [0.15, 0.2) is 0 Å². The predicted octanol–water partition coefficient (Wildman–Crippen LogP) is 2.93. The van der Waals surface area contributed by atoms with Gasteiger partial charge in [0.25, 0.3) is 0 Å². The van der Waals surface area contributed by atoms with Crippen molar-refractivity contribution in [1.82, 2.24) is 14.3 Å². The number of nitrogens with zero attached hydrogens (tertiary/aromatic N) is 4. The standard InChI is InChI=1S/C25H35N5O4S/c1-3-4-12-34-25-27-23(26)22-14-21(31)10-11-29(24(22)28-25)15-19-6-5-7-20(13-19)17-30(35(2,32)33)16-18-8-9-18/h5-7,13,18H,3-4,8-12,14-17H2,1-2H3,(H2,26,27,28). The first-order chi connectivity index (χ1) is 16.7. The molecule has 2 heterocycles. The summed E-state index contributed by atoms with van der Waals surface area (Å²) < 4.78 is 31.9. The van der Waals surface area contributed by atoms with Gasteiger partial charge in [0.2, 0.25) is 10.0 Å². The summed E-state index contributed by atoms with van der Waals surface area (Å²) in [6, 6.07) is 8.16. The number of nitrogen functional groups attached to an aromatic ring is 1. The van der Waals surface area contributed by atoms with Crippen molar-refractivity contribution in [3.63, 3.8) is 0 Å². The molecule has 4 rings (SSSR count). The fourth-order valence-corrected chi connectivity index (χ4v) is 5.10. The van der Waals surface area contributed by atoms with Gasteiger partial charge in [-0.1, -0.05) is 37.6 Å². The van der Waals surface area contributed by atoms with Crippen LogP contribution in [0.15, 0.2) is 24.3 Å². The van der Waals surface area contributed by atoms with Gasteiger partial charge in [-0.3, -0.25) is 4.79 Å². The lowest BCUT2D eigenvalue weighted by Gasteiger charge is -2.25. The summed E-state index contributed by atoms with van der Waals surface area (Å²) in [4.78, 5) is 23.4. The highest BCUT2D eigenvalue weighted by Gasteiger charge is 2.29. The number of hydrogen-bond acceptors (Lipinski definition) is 8. The zero-order valence-corrected chi connectivity index (χ0v) is 21.4. The molecule has 0 bridgehead atoms. The third kappa shape index (κ3) is 6.91. The van der Waals surface area contributed by atoms with E-state index in [0.717, 1.165) is 36.8 Å². The molecule has 0 saturated heterocycles. The summed E-state index contributed by atoms with van der Waals surface area (Å²) >= 11 is 0. The molecule has 0 amide bonds. The van der Waals surface area contributed by atoms with Crippen molar-refractivity contribution in [1.29, 1.82) is 0 Å². The number of carbonyl (C=O) groups is 1. The molecule has 2 N–H and O–H groups in total. The van der Waals surface area contributed by atoms with Gasteiger partial charge < -0.3 is 15.4 Å². The van der Waals surface area contributed by atoms with Crippen molar-refractivity contribution in [3.8, 4) is 6.01 Å². The van der Waals surface area contributed by atoms with Gasteiger partial charge in [-0.05, 0) is 36.3 Å². The van der Waals surface area contributed by atoms with Crippen LogP contribution in [0.25, 0.3) is 0 Å². The first-order valence-electron chi connectivity index (χ1n) is 12.3. The third-order valence-electron chi connectivity index (χ3n) is 6.41. The Morgan fingerprint density at radius 1 is 1.23 bits per heavy atom. The first-order valence-corrected chi connectivity index (χ1v) is 14.2. The van der Waals surface area contributed by atoms with Crippen molar-refractivity contribution in [3.05, 3.63) is 41.0 Å². The number of ether oxygens (including phenoxy) is 1. The van der Waals surface area contributed by atoms with E-state index in [-0.39, 0.29) is 24.0 Å². The molecule has 0 spiro atoms. The molecule has 190 valence electrons. The summed E-state index contributed by atoms with van der Waals surface area (Å²) in [6.45, 7) is 4.54. The molecule has 2 aromatic rings. The minimum atomic E-state index is -3.29. The largest absolute Gasteiger partial charge is 0.463 e. The van der Waals surface area contributed by atoms with Gasteiger partial charge in [-0.25, -0.2) is 8.42 Å². The Morgan fingerprint density at radius 3 is 2.71 bits per heavy atom. The van der Waals surface area contributed by atoms with Gasteiger partial charge in [0, 0.05) is 44.6 Å². The molecule has 35 heavy (non-hydrogen) atoms. The van der Waals surface area contributed by atoms with Gasteiger partial charge >= 0.3 is 6.01 Å². The Kier molecular flexibility index (Phi) is 7.91. The van der Waals surface area contributed by atoms with Crippen LogP contribution >= 0.6 is 0 Å². The molecule has 0 radical (unpaired) electrons. The molecule has 0 unspecified atom stereocenters. The number of aromatic nitrogens is 2. The summed E-state index contributed by atoms with van der Waals surface area (Å²) in [5, 5.41) is 0. The maximum absolute atomic E-state index is 12.4. The number of fused-ring (bicyclic) bond motifs is 1. The molecule has 1 aliphatic carbocycles. The number of Topliss-reactive ketones (excluding diaryl/α,β-unsaturated/α-hetero) is 1. The Balaban J connectivity index is 1.56. The number of carbonyl (C=O) groups excluding carboxylic acids is 1. The average molecular weight is 502 g/mol. The van der Waals surface area contributed by atoms with E-state index in [1.165, 1.54) is 6.26 Å². The van der Waals surface area contributed by atoms with Crippen LogP contribution in [0.3, 0.4) is 0 Å². The van der Waals surface area contributed by atoms with E-state index >= 15 is 0 Å². The van der Waals surface area contributed by atoms with E-state index in [0.29, 0.717) is 56.5 Å². The molecule has 10 heteroatoms. The van der Waals surface area contributed by atoms with Crippen molar-refractivity contribution in [2.75, 3.05) is 36.6 Å². The number of unbranched alkanes of at least 4 members (excludes halogenated alkanes) is 1. The van der Waals surface area contributed by atoms with E-state index in [1.54, 1.807) is 4.31 Å². The van der Waals surface area contributed by atoms with E-state index in [1.807, 2.05) is 29.2 Å². The fraction of sp³-hybridized carbons (Fsp3) is 0.560. The number of benzene rings is 1. The summed E-state index contributed by atoms with van der Waals surface area (Å²) in [5.41, 5.74) is 8.81. The lowest BCUT2D eigenvalue weighted by Crippen LogP contribution is -2.31. The number of sulfonamides is 1. The first kappa shape index (κ1) is 25.4. The lowest BCUT2D eigenvalue weighted by molar-refractivity contribution is -0.118. The highest BCUT2D eigenvalue weighted by molar-refractivity contribution is 7.88. The van der Waals surface area contributed by atoms with Gasteiger partial charge in [0.05, 0.1) is 12.9 Å². The van der Waals surface area contributed by atoms with Crippen LogP contribution in [-0.4, -0.2) is 54.4 Å². The Morgan fingerprint density at radius 2 is 2.00 bits per heavy atom. The summed E-state index contributed by atoms with van der Waals surface area (Å²) in [5.74, 6) is 1.48. The number of anilines is 2. The van der Waals surface area contributed by atoms with Crippen molar-refractivity contribution >= 4 is 27.4 Å². The van der Waals surface area contributed by atoms with Gasteiger partial charge in [-0.15, -0.1) is 0 Å². The molecular weight excluding hydrogens is 466 g/mol. The number of nitrogens with two attached hydrogens (primary N) is 1. The lowest BCUT2D eigenvalue weighted by atomic mass is 10.1. The molecule has 0 atom stereocenters. The Labute approximate surface area is 207 Å². The van der Waals surface area contributed by atoms with Crippen molar-refractivity contribution in [2.45, 2.75) is 58.5 Å². The van der Waals surface area contributed by atoms with Crippen LogP contribution in [0.4, 0.5) is 11.6 Å². The Bertz CT molecular complexity index is 1170. The quantitative estimate of drug-likeness (QED) is 0.467.